The van der Waals surface area contributed by atoms with Crippen molar-refractivity contribution in [1.29, 1.82) is 0 Å². The number of aryl methyl sites for hydroxylation is 1. The molecule has 298 valence electrons. The van der Waals surface area contributed by atoms with E-state index in [4.69, 9.17) is 22.6 Å². The number of aromatic nitrogens is 3. The van der Waals surface area contributed by atoms with E-state index in [0.29, 0.717) is 11.9 Å². The second kappa shape index (κ2) is 14.0. The monoisotopic (exact) mass is 841 g/mol. The number of fused-ring (bicyclic) bond motifs is 12. The van der Waals surface area contributed by atoms with Crippen molar-refractivity contribution < 1.29 is 0 Å². The van der Waals surface area contributed by atoms with Gasteiger partial charge in [0.05, 0.1) is 22.2 Å². The van der Waals surface area contributed by atoms with Crippen LogP contribution in [0.25, 0.3) is 110 Å². The van der Waals surface area contributed by atoms with Crippen molar-refractivity contribution in [2.75, 3.05) is 0 Å². The summed E-state index contributed by atoms with van der Waals surface area (Å²) in [4.78, 5) is 13.5. The van der Waals surface area contributed by atoms with Crippen LogP contribution in [0.2, 0.25) is 0 Å². The number of allylic oxidation sites excluding steroid dienone is 1. The average molecular weight is 842 g/mol. The number of rotatable bonds is 4. The third-order valence-corrected chi connectivity index (χ3v) is 15.2. The van der Waals surface area contributed by atoms with E-state index in [1.165, 1.54) is 53.4 Å². The van der Waals surface area contributed by atoms with Gasteiger partial charge in [-0.3, -0.25) is 4.57 Å². The molecule has 3 nitrogen and oxygen atoms in total. The van der Waals surface area contributed by atoms with Crippen LogP contribution in [0.1, 0.15) is 40.3 Å². The van der Waals surface area contributed by atoms with Crippen molar-refractivity contribution in [3.05, 3.63) is 198 Å². The summed E-state index contributed by atoms with van der Waals surface area (Å²) < 4.78 is 3.63. The molecule has 1 aliphatic carbocycles. The normalized spacial score (nSPS) is 15.2. The van der Waals surface area contributed by atoms with Gasteiger partial charge in [0.1, 0.15) is 0 Å². The van der Waals surface area contributed by atoms with Gasteiger partial charge in [0.15, 0.2) is 0 Å². The Hall–Kier alpha value is -7.05. The molecule has 3 aromatic heterocycles. The molecule has 0 spiro atoms. The highest BCUT2D eigenvalue weighted by Gasteiger charge is 2.29. The molecule has 0 aliphatic heterocycles. The fraction of sp³-hybridized carbons (Fsp3) is 0.0690. The Labute approximate surface area is 374 Å². The summed E-state index contributed by atoms with van der Waals surface area (Å²) in [6, 6.07) is 61.5. The van der Waals surface area contributed by atoms with Gasteiger partial charge in [-0.2, -0.15) is 0 Å². The molecule has 0 bridgehead atoms. The molecule has 3 heterocycles. The average Bonchev–Trinajstić information content (AvgIpc) is 3.89. The van der Waals surface area contributed by atoms with Crippen molar-refractivity contribution >= 4 is 105 Å². The van der Waals surface area contributed by atoms with Gasteiger partial charge < -0.3 is 0 Å². The molecule has 5 heteroatoms. The van der Waals surface area contributed by atoms with Gasteiger partial charge in [-0.05, 0) is 97.1 Å². The smallest absolute Gasteiger partial charge is 0.235 e. The first-order valence-electron chi connectivity index (χ1n) is 21.7. The maximum atomic E-state index is 5.67. The van der Waals surface area contributed by atoms with Crippen LogP contribution in [0.15, 0.2) is 181 Å². The first kappa shape index (κ1) is 36.6. The largest absolute Gasteiger partial charge is 0.277 e. The highest BCUT2D eigenvalue weighted by atomic mass is 32.1. The maximum Gasteiger partial charge on any atom is 0.235 e. The summed E-state index contributed by atoms with van der Waals surface area (Å²) in [5, 5.41) is 11.7. The molecule has 9 aromatic carbocycles. The molecule has 0 saturated carbocycles. The number of benzene rings is 9. The number of thiol groups is 1. The summed E-state index contributed by atoms with van der Waals surface area (Å²) in [6.07, 6.45) is 4.77. The quantitative estimate of drug-likeness (QED) is 0.141. The van der Waals surface area contributed by atoms with E-state index in [1.807, 2.05) is 11.3 Å². The highest BCUT2D eigenvalue weighted by molar-refractivity contribution is 7.80. The number of thiophene rings is 1. The Kier molecular flexibility index (Phi) is 8.12. The van der Waals surface area contributed by atoms with Crippen molar-refractivity contribution in [2.24, 2.45) is 0 Å². The maximum absolute atomic E-state index is 5.67. The SMILES string of the molecule is Cc1cc(C2C=Cc3sc4ccccc4c3C2C)ccc1-c1c(S)c2c(c3ccccc13)c1ccccc1n2-c1nc(-c2cccc3ccccc23)c2c(ccc3ccccc32)n1. The van der Waals surface area contributed by atoms with Crippen LogP contribution in [-0.2, 0) is 0 Å². The minimum atomic E-state index is 0.276. The minimum Gasteiger partial charge on any atom is -0.277 e. The van der Waals surface area contributed by atoms with E-state index < -0.39 is 0 Å². The van der Waals surface area contributed by atoms with Gasteiger partial charge in [0.2, 0.25) is 5.95 Å². The van der Waals surface area contributed by atoms with Crippen molar-refractivity contribution in [3.63, 3.8) is 0 Å². The third kappa shape index (κ3) is 5.40. The molecule has 1 aliphatic rings. The zero-order chi connectivity index (χ0) is 41.9. The van der Waals surface area contributed by atoms with Crippen LogP contribution in [0.5, 0.6) is 0 Å². The number of hydrogen-bond donors (Lipinski definition) is 1. The number of para-hydroxylation sites is 1. The Bertz CT molecular complexity index is 3920. The van der Waals surface area contributed by atoms with Crippen molar-refractivity contribution in [1.82, 2.24) is 14.5 Å². The van der Waals surface area contributed by atoms with E-state index in [9.17, 15) is 0 Å². The molecule has 63 heavy (non-hydrogen) atoms. The summed E-state index contributed by atoms with van der Waals surface area (Å²) in [5.74, 6) is 1.26. The van der Waals surface area contributed by atoms with Crippen LogP contribution in [0, 0.1) is 6.92 Å². The third-order valence-electron chi connectivity index (χ3n) is 13.6. The van der Waals surface area contributed by atoms with Gasteiger partial charge in [-0.25, -0.2) is 9.97 Å². The Morgan fingerprint density at radius 3 is 2.10 bits per heavy atom. The van der Waals surface area contributed by atoms with Gasteiger partial charge in [-0.1, -0.05) is 165 Å². The summed E-state index contributed by atoms with van der Waals surface area (Å²) in [7, 11) is 0. The lowest BCUT2D eigenvalue weighted by Gasteiger charge is -2.27. The zero-order valence-electron chi connectivity index (χ0n) is 34.7. The van der Waals surface area contributed by atoms with Crippen LogP contribution in [0.3, 0.4) is 0 Å². The van der Waals surface area contributed by atoms with E-state index in [2.05, 4.69) is 200 Å². The molecular weight excluding hydrogens is 803 g/mol. The van der Waals surface area contributed by atoms with Crippen molar-refractivity contribution in [3.8, 4) is 28.3 Å². The molecule has 0 N–H and O–H groups in total. The van der Waals surface area contributed by atoms with Crippen LogP contribution >= 0.6 is 24.0 Å². The number of nitrogens with zero attached hydrogens (tertiary/aromatic N) is 3. The topological polar surface area (TPSA) is 30.7 Å². The van der Waals surface area contributed by atoms with E-state index in [1.54, 1.807) is 0 Å². The molecular formula is C58H39N3S2. The lowest BCUT2D eigenvalue weighted by Crippen LogP contribution is -2.10. The minimum absolute atomic E-state index is 0.276. The van der Waals surface area contributed by atoms with Gasteiger partial charge >= 0.3 is 0 Å². The Morgan fingerprint density at radius 1 is 0.587 bits per heavy atom. The molecule has 2 atom stereocenters. The van der Waals surface area contributed by atoms with Gasteiger partial charge in [0, 0.05) is 47.7 Å². The van der Waals surface area contributed by atoms with Crippen molar-refractivity contribution in [2.45, 2.75) is 30.6 Å². The lowest BCUT2D eigenvalue weighted by atomic mass is 9.77. The standard InChI is InChI=1S/C58H39N3S2/c1-33-32-37(39-29-31-50-51(34(39)2)46-22-10-12-25-49(46)63-50)26-28-38(33)53-43-20-8-7-19-42(43)52-45-21-9-11-24-48(45)61(56(52)57(53)62)58-59-47-30-27-36-15-4-6-18-41(36)54(47)55(60-58)44-23-13-16-35-14-3-5-17-40(35)44/h3-32,34,39,62H,1-2H3. The molecule has 0 amide bonds. The van der Waals surface area contributed by atoms with Crippen LogP contribution in [0.4, 0.5) is 0 Å². The fourth-order valence-electron chi connectivity index (χ4n) is 10.8. The molecule has 13 rings (SSSR count). The van der Waals surface area contributed by atoms with Gasteiger partial charge in [-0.15, -0.1) is 24.0 Å². The number of hydrogen-bond acceptors (Lipinski definition) is 4. The predicted molar refractivity (Wildman–Crippen MR) is 271 cm³/mol. The van der Waals surface area contributed by atoms with Crippen LogP contribution in [-0.4, -0.2) is 14.5 Å². The summed E-state index contributed by atoms with van der Waals surface area (Å²) >= 11 is 7.51. The second-order valence-electron chi connectivity index (χ2n) is 17.0. The van der Waals surface area contributed by atoms with Crippen LogP contribution < -0.4 is 0 Å². The molecule has 0 fully saturated rings. The predicted octanol–water partition coefficient (Wildman–Crippen LogP) is 16.2. The first-order chi connectivity index (χ1) is 31.0. The highest BCUT2D eigenvalue weighted by Crippen LogP contribution is 2.50. The fourth-order valence-corrected chi connectivity index (χ4v) is 12.5. The van der Waals surface area contributed by atoms with Gasteiger partial charge in [0.25, 0.3) is 0 Å². The lowest BCUT2D eigenvalue weighted by molar-refractivity contribution is 0.677. The van der Waals surface area contributed by atoms with E-state index in [-0.39, 0.29) is 5.92 Å². The summed E-state index contributed by atoms with van der Waals surface area (Å²) in [5.41, 5.74) is 11.3. The molecule has 0 saturated heterocycles. The second-order valence-corrected chi connectivity index (χ2v) is 18.6. The Balaban J connectivity index is 1.06. The van der Waals surface area contributed by atoms with E-state index in [0.717, 1.165) is 70.6 Å². The first-order valence-corrected chi connectivity index (χ1v) is 22.9. The molecule has 2 unspecified atom stereocenters. The molecule has 12 aromatic rings. The summed E-state index contributed by atoms with van der Waals surface area (Å²) in [6.45, 7) is 4.65. The van der Waals surface area contributed by atoms with E-state index >= 15 is 0 Å². The molecule has 0 radical (unpaired) electrons. The Morgan fingerprint density at radius 2 is 1.27 bits per heavy atom. The zero-order valence-corrected chi connectivity index (χ0v) is 36.4.